The molecule has 121 heavy (non-hydrogen) atoms. The Labute approximate surface area is 690 Å². The lowest BCUT2D eigenvalue weighted by Gasteiger charge is -2.47. The van der Waals surface area contributed by atoms with Crippen LogP contribution in [0, 0.1) is 23.7 Å². The first-order chi connectivity index (χ1) is 57.6. The van der Waals surface area contributed by atoms with Gasteiger partial charge in [0, 0.05) is 104 Å². The number of imide groups is 3. The Morgan fingerprint density at radius 1 is 0.446 bits per heavy atom. The number of aromatic nitrogens is 7. The number of aliphatic carboxylic acids is 4. The Morgan fingerprint density at radius 2 is 0.868 bits per heavy atom. The fourth-order valence-electron chi connectivity index (χ4n) is 15.2. The summed E-state index contributed by atoms with van der Waals surface area (Å²) >= 11 is 0. The van der Waals surface area contributed by atoms with Crippen LogP contribution in [0.3, 0.4) is 0 Å². The molecule has 3 aromatic carbocycles. The summed E-state index contributed by atoms with van der Waals surface area (Å²) in [7, 11) is 0. The van der Waals surface area contributed by atoms with Gasteiger partial charge in [-0.2, -0.15) is 8.78 Å². The van der Waals surface area contributed by atoms with Gasteiger partial charge in [0.1, 0.15) is 47.1 Å². The standard InChI is InChI=1S/2C23H22N4O4.C21H22F2N4O5.C19H21N5O3/c1-13(16-4-2-3-15-6-7-25-12-18(15)16)9-20(28)27-21(23(30)31)17(22(27)29)10-14-5-8-26-19(24)11-14;1-13(18-12-25-11-15-4-2-3-5-16(15)18)8-20(28)27-21(23(30)31)17(22(27)29)9-14-6-7-26-19(24)10-14;1-11(13-4-3-5-14(10-13)32-21(2,22)23)26-20(31)27-17(19(29)30)15(18(27)28)8-12-6-7-25-16(24)9-12;1-11(14-4-3-6-21-10-14)23-19(27)24-12(2)15(17(24)18(25)26)8-13-5-7-22-16(20)9-13/h2-8,11-13,17,21H,9-10H2,1H3,(H2,24,26)(H,30,31);2-7,10-13,17,21H,8-9H2,1H3,(H2,24,26)(H,30,31);3-7,9-11,15,17H,8H2,1-2H3,(H2,24,25)(H,26,31)(H,29,30);3-7,9-11,15,17H,2,8H2,1H3,(H2,20,22)(H,23,27)(H,25,26)/t13-,17+,21-;13?,17-,21+;11-,15-,17+;11-,15+,17+/m0111/s1. The second kappa shape index (κ2) is 37.6. The van der Waals surface area contributed by atoms with Crippen LogP contribution in [0.5, 0.6) is 5.75 Å². The predicted molar refractivity (Wildman–Crippen MR) is 436 cm³/mol. The second-order valence-electron chi connectivity index (χ2n) is 29.7. The third-order valence-corrected chi connectivity index (χ3v) is 21.2. The molecule has 4 aliphatic heterocycles. The Kier molecular flexibility index (Phi) is 27.1. The first-order valence-corrected chi connectivity index (χ1v) is 38.2. The van der Waals surface area contributed by atoms with Gasteiger partial charge in [0.15, 0.2) is 6.04 Å². The van der Waals surface area contributed by atoms with Gasteiger partial charge >= 0.3 is 42.0 Å². The summed E-state index contributed by atoms with van der Waals surface area (Å²) < 4.78 is 30.7. The molecular weight excluding hydrogens is 1570 g/mol. The van der Waals surface area contributed by atoms with Crippen molar-refractivity contribution in [2.24, 2.45) is 23.7 Å². The van der Waals surface area contributed by atoms with Crippen molar-refractivity contribution in [1.82, 2.24) is 65.1 Å². The number of nitrogen functional groups attached to an aromatic ring is 4. The Hall–Kier alpha value is -14.8. The van der Waals surface area contributed by atoms with Crippen molar-refractivity contribution in [2.45, 2.75) is 127 Å². The van der Waals surface area contributed by atoms with Crippen molar-refractivity contribution < 1.29 is 86.7 Å². The molecule has 4 saturated heterocycles. The number of rotatable bonds is 24. The van der Waals surface area contributed by atoms with Crippen molar-refractivity contribution >= 4 is 110 Å². The molecule has 0 radical (unpaired) electrons. The molecule has 14 N–H and O–H groups in total. The van der Waals surface area contributed by atoms with E-state index in [2.05, 4.69) is 56.8 Å². The summed E-state index contributed by atoms with van der Waals surface area (Å²) in [5.41, 5.74) is 29.1. The van der Waals surface area contributed by atoms with Crippen LogP contribution < -0.4 is 38.3 Å². The number of carboxylic acid groups (broad SMARTS) is 4. The summed E-state index contributed by atoms with van der Waals surface area (Å²) in [6, 6.07) is 30.8. The highest BCUT2D eigenvalue weighted by molar-refractivity contribution is 6.10. The molecule has 0 bridgehead atoms. The number of pyridine rings is 7. The van der Waals surface area contributed by atoms with Gasteiger partial charge in [0.2, 0.25) is 29.5 Å². The average molecular weight is 1650 g/mol. The largest absolute Gasteiger partial charge is 0.480 e. The van der Waals surface area contributed by atoms with E-state index in [4.69, 9.17) is 22.9 Å². The quantitative estimate of drug-likeness (QED) is 0.0252. The number of carbonyl (C=O) groups excluding carboxylic acids is 7. The summed E-state index contributed by atoms with van der Waals surface area (Å²) in [5.74, 6) is -9.63. The van der Waals surface area contributed by atoms with Crippen LogP contribution in [0.2, 0.25) is 0 Å². The van der Waals surface area contributed by atoms with Gasteiger partial charge in [0.25, 0.3) is 0 Å². The minimum absolute atomic E-state index is 0.0140. The average Bonchev–Trinajstić information content (AvgIpc) is 0.760. The lowest BCUT2D eigenvalue weighted by Crippen LogP contribution is -2.68. The zero-order valence-electron chi connectivity index (χ0n) is 66.0. The van der Waals surface area contributed by atoms with Gasteiger partial charge in [-0.3, -0.25) is 53.6 Å². The lowest BCUT2D eigenvalue weighted by molar-refractivity contribution is -0.177. The van der Waals surface area contributed by atoms with Crippen LogP contribution >= 0.6 is 0 Å². The fraction of sp³-hybridized carbons (Fsp3) is 0.279. The number of nitrogens with zero attached hydrogens (tertiary/aromatic N) is 11. The van der Waals surface area contributed by atoms with Gasteiger partial charge in [-0.1, -0.05) is 81.1 Å². The normalized spacial score (nSPS) is 19.3. The number of β-lactam (4-membered cyclic amide) rings is 3. The smallest absolute Gasteiger partial charge is 0.394 e. The van der Waals surface area contributed by atoms with Crippen LogP contribution in [-0.4, -0.2) is 171 Å². The third kappa shape index (κ3) is 20.4. The molecule has 10 aromatic rings. The summed E-state index contributed by atoms with van der Waals surface area (Å²) in [5, 5.41) is 47.7. The number of ether oxygens (including phenoxy) is 1. The van der Waals surface area contributed by atoms with Crippen LogP contribution in [0.15, 0.2) is 208 Å². The number of halogens is 2. The van der Waals surface area contributed by atoms with Crippen molar-refractivity contribution in [3.63, 3.8) is 0 Å². The van der Waals surface area contributed by atoms with Gasteiger partial charge in [0.05, 0.1) is 29.8 Å². The van der Waals surface area contributed by atoms with E-state index in [0.29, 0.717) is 63.6 Å². The number of nitrogens with two attached hydrogens (primary N) is 4. The molecule has 35 heteroatoms. The molecule has 626 valence electrons. The number of fused-ring (bicyclic) bond motifs is 2. The highest BCUT2D eigenvalue weighted by atomic mass is 19.3. The van der Waals surface area contributed by atoms with E-state index in [1.165, 1.54) is 47.8 Å². The number of hydrogen-bond donors (Lipinski definition) is 10. The number of benzene rings is 3. The van der Waals surface area contributed by atoms with Gasteiger partial charge in [-0.05, 0) is 179 Å². The molecule has 11 heterocycles. The molecule has 4 aliphatic rings. The van der Waals surface area contributed by atoms with Crippen LogP contribution in [-0.2, 0) is 68.8 Å². The van der Waals surface area contributed by atoms with E-state index in [1.807, 2.05) is 75.4 Å². The van der Waals surface area contributed by atoms with E-state index >= 15 is 0 Å². The second-order valence-corrected chi connectivity index (χ2v) is 29.7. The molecule has 9 amide bonds. The van der Waals surface area contributed by atoms with Gasteiger partial charge < -0.3 is 58.7 Å². The van der Waals surface area contributed by atoms with Crippen molar-refractivity contribution in [2.75, 3.05) is 22.9 Å². The minimum Gasteiger partial charge on any atom is -0.480 e. The molecule has 7 aromatic heterocycles. The molecule has 0 spiro atoms. The van der Waals surface area contributed by atoms with Crippen LogP contribution in [0.25, 0.3) is 21.5 Å². The first kappa shape index (κ1) is 87.0. The van der Waals surface area contributed by atoms with E-state index in [9.17, 15) is 81.9 Å². The topological polar surface area (TPSA) is 509 Å². The van der Waals surface area contributed by atoms with Crippen molar-refractivity contribution in [3.8, 4) is 5.75 Å². The number of carbonyl (C=O) groups is 11. The zero-order valence-corrected chi connectivity index (χ0v) is 66.0. The molecule has 12 atom stereocenters. The third-order valence-electron chi connectivity index (χ3n) is 21.2. The monoisotopic (exact) mass is 1650 g/mol. The number of urea groups is 2. The van der Waals surface area contributed by atoms with E-state index in [-0.39, 0.29) is 67.5 Å². The molecule has 1 unspecified atom stereocenters. The molecular formula is C86H87F2N17O16. The van der Waals surface area contributed by atoms with Gasteiger partial charge in [-0.25, -0.2) is 53.6 Å². The number of carboxylic acids is 4. The predicted octanol–water partition coefficient (Wildman–Crippen LogP) is 9.32. The Balaban J connectivity index is 0.000000158. The van der Waals surface area contributed by atoms with Crippen molar-refractivity contribution in [1.29, 1.82) is 0 Å². The van der Waals surface area contributed by atoms with E-state index in [0.717, 1.165) is 53.6 Å². The van der Waals surface area contributed by atoms with Gasteiger partial charge in [-0.15, -0.1) is 0 Å². The molecule has 4 fully saturated rings. The lowest BCUT2D eigenvalue weighted by atomic mass is 9.80. The maximum atomic E-state index is 13.1. The van der Waals surface area contributed by atoms with Crippen LogP contribution in [0.4, 0.5) is 41.6 Å². The van der Waals surface area contributed by atoms with E-state index < -0.39 is 120 Å². The Morgan fingerprint density at radius 3 is 1.35 bits per heavy atom. The highest BCUT2D eigenvalue weighted by Gasteiger charge is 2.57. The first-order valence-electron chi connectivity index (χ1n) is 38.2. The molecule has 33 nitrogen and oxygen atoms in total. The molecule has 14 rings (SSSR count). The number of likely N-dealkylation sites (tertiary alicyclic amines) is 4. The number of alkyl halides is 2. The number of amides is 9. The minimum atomic E-state index is -3.38. The number of nitrogens with one attached hydrogen (secondary N) is 2. The molecule has 0 saturated carbocycles. The maximum absolute atomic E-state index is 13.1. The van der Waals surface area contributed by atoms with Crippen LogP contribution in [0.1, 0.15) is 116 Å². The van der Waals surface area contributed by atoms with Crippen molar-refractivity contribution in [3.05, 3.63) is 252 Å². The summed E-state index contributed by atoms with van der Waals surface area (Å²) in [6.07, 6.45) is 13.8. The highest BCUT2D eigenvalue weighted by Crippen LogP contribution is 2.41. The zero-order chi connectivity index (χ0) is 87.4. The number of hydrogen-bond acceptors (Lipinski definition) is 23. The molecule has 0 aliphatic carbocycles. The Bertz CT molecular complexity index is 5430. The van der Waals surface area contributed by atoms with E-state index in [1.54, 1.807) is 105 Å². The SMILES string of the molecule is C=C1[C@H](Cc2ccnc(N)c2)[C@@H](C(=O)O)N1C(=O)N[C@H](C)c1cccnc1.CC(CC(=O)N1C(=O)[C@H](Cc2ccnc(N)c2)[C@H]1C(=O)O)c1cncc2ccccc12.C[C@@H](CC(=O)N1C(=O)[C@H](Cc2ccnc(N)c2)[C@H]1C(=O)O)c1cccc2ccncc12.C[C@@H](NC(=O)N1C(=O)[C@H](Cc2ccnc(N)c2)[C@H]1C(=O)O)c1cccc(OC(C)(F)F)c1. The summed E-state index contributed by atoms with van der Waals surface area (Å²) in [6.45, 7) is 11.7. The maximum Gasteiger partial charge on any atom is 0.394 e. The number of anilines is 4. The fourth-order valence-corrected chi connectivity index (χ4v) is 15.2. The summed E-state index contributed by atoms with van der Waals surface area (Å²) in [4.78, 5) is 168.